The van der Waals surface area contributed by atoms with Crippen LogP contribution in [0.1, 0.15) is 46.0 Å². The molecule has 1 saturated heterocycles. The molecule has 4 nitrogen and oxygen atoms in total. The minimum atomic E-state index is -0.721. The average molecular weight is 253 g/mol. The summed E-state index contributed by atoms with van der Waals surface area (Å²) in [6.45, 7) is 5.21. The highest BCUT2D eigenvalue weighted by atomic mass is 16.4. The van der Waals surface area contributed by atoms with Crippen molar-refractivity contribution in [1.82, 2.24) is 4.90 Å². The molecule has 2 aliphatic rings. The lowest BCUT2D eigenvalue weighted by atomic mass is 9.83. The summed E-state index contributed by atoms with van der Waals surface area (Å²) in [5.41, 5.74) is -0.185. The molecule has 1 amide bonds. The molecule has 102 valence electrons. The molecule has 0 aromatic carbocycles. The second kappa shape index (κ2) is 4.90. The number of carboxylic acids is 1. The number of hydrogen-bond acceptors (Lipinski definition) is 2. The molecule has 0 aromatic heterocycles. The third kappa shape index (κ3) is 2.38. The smallest absolute Gasteiger partial charge is 0.306 e. The number of hydrogen-bond donors (Lipinski definition) is 1. The zero-order valence-corrected chi connectivity index (χ0v) is 11.3. The summed E-state index contributed by atoms with van der Waals surface area (Å²) in [4.78, 5) is 25.5. The van der Waals surface area contributed by atoms with Crippen LogP contribution in [0.4, 0.5) is 0 Å². The van der Waals surface area contributed by atoms with Gasteiger partial charge in [-0.1, -0.05) is 26.7 Å². The summed E-state index contributed by atoms with van der Waals surface area (Å²) >= 11 is 0. The molecule has 0 radical (unpaired) electrons. The Balaban J connectivity index is 2.00. The van der Waals surface area contributed by atoms with Gasteiger partial charge in [0.1, 0.15) is 0 Å². The molecule has 2 rings (SSSR count). The van der Waals surface area contributed by atoms with Crippen molar-refractivity contribution in [2.24, 2.45) is 17.3 Å². The van der Waals surface area contributed by atoms with E-state index < -0.39 is 5.97 Å². The Morgan fingerprint density at radius 2 is 1.89 bits per heavy atom. The number of aliphatic carboxylic acids is 1. The van der Waals surface area contributed by atoms with Gasteiger partial charge in [-0.25, -0.2) is 0 Å². The molecular formula is C14H23NO3. The molecule has 4 heteroatoms. The Labute approximate surface area is 108 Å². The van der Waals surface area contributed by atoms with E-state index in [0.29, 0.717) is 19.5 Å². The van der Waals surface area contributed by atoms with Gasteiger partial charge in [-0.05, 0) is 25.2 Å². The molecule has 1 aliphatic carbocycles. The van der Waals surface area contributed by atoms with Gasteiger partial charge in [-0.2, -0.15) is 0 Å². The maximum Gasteiger partial charge on any atom is 0.306 e. The first kappa shape index (κ1) is 13.4. The van der Waals surface area contributed by atoms with Gasteiger partial charge in [0.2, 0.25) is 5.91 Å². The van der Waals surface area contributed by atoms with Crippen LogP contribution in [0.25, 0.3) is 0 Å². The van der Waals surface area contributed by atoms with Gasteiger partial charge in [-0.3, -0.25) is 9.59 Å². The van der Waals surface area contributed by atoms with Gasteiger partial charge in [0.15, 0.2) is 0 Å². The van der Waals surface area contributed by atoms with Crippen LogP contribution >= 0.6 is 0 Å². The van der Waals surface area contributed by atoms with Gasteiger partial charge < -0.3 is 10.0 Å². The van der Waals surface area contributed by atoms with E-state index in [9.17, 15) is 9.59 Å². The van der Waals surface area contributed by atoms with Crippen molar-refractivity contribution >= 4 is 11.9 Å². The van der Waals surface area contributed by atoms with E-state index in [2.05, 4.69) is 6.92 Å². The Hall–Kier alpha value is -1.06. The highest BCUT2D eigenvalue weighted by Crippen LogP contribution is 2.40. The molecule has 0 bridgehead atoms. The molecule has 2 fully saturated rings. The molecule has 2 unspecified atom stereocenters. The average Bonchev–Trinajstić information content (AvgIpc) is 2.76. The summed E-state index contributed by atoms with van der Waals surface area (Å²) in [7, 11) is 0. The van der Waals surface area contributed by atoms with Gasteiger partial charge >= 0.3 is 5.97 Å². The van der Waals surface area contributed by atoms with Crippen molar-refractivity contribution in [3.63, 3.8) is 0 Å². The summed E-state index contributed by atoms with van der Waals surface area (Å²) in [5, 5.41) is 9.09. The monoisotopic (exact) mass is 253 g/mol. The van der Waals surface area contributed by atoms with Crippen LogP contribution in [0.15, 0.2) is 0 Å². The molecule has 0 spiro atoms. The van der Waals surface area contributed by atoms with Crippen LogP contribution in [0.5, 0.6) is 0 Å². The van der Waals surface area contributed by atoms with E-state index in [1.165, 1.54) is 0 Å². The minimum Gasteiger partial charge on any atom is -0.481 e. The molecule has 18 heavy (non-hydrogen) atoms. The molecular weight excluding hydrogens is 230 g/mol. The molecule has 1 N–H and O–H groups in total. The quantitative estimate of drug-likeness (QED) is 0.820. The number of nitrogens with zero attached hydrogens (tertiary/aromatic N) is 1. The first-order valence-corrected chi connectivity index (χ1v) is 6.96. The van der Waals surface area contributed by atoms with Crippen LogP contribution in [0.2, 0.25) is 0 Å². The number of carbonyl (C=O) groups is 2. The van der Waals surface area contributed by atoms with Crippen LogP contribution in [-0.2, 0) is 9.59 Å². The van der Waals surface area contributed by atoms with Crippen molar-refractivity contribution in [3.05, 3.63) is 0 Å². The fraction of sp³-hybridized carbons (Fsp3) is 0.857. The molecule has 0 aromatic rings. The van der Waals surface area contributed by atoms with Gasteiger partial charge in [0.25, 0.3) is 0 Å². The van der Waals surface area contributed by atoms with E-state index in [1.807, 2.05) is 11.8 Å². The highest BCUT2D eigenvalue weighted by molar-refractivity contribution is 5.83. The maximum absolute atomic E-state index is 12.5. The lowest BCUT2D eigenvalue weighted by Gasteiger charge is -2.39. The van der Waals surface area contributed by atoms with Crippen LogP contribution in [-0.4, -0.2) is 35.0 Å². The lowest BCUT2D eigenvalue weighted by Crippen LogP contribution is -2.49. The standard InChI is InChI=1S/C14H23NO3/c1-10-9-15(8-5-11(10)12(16)17)13(18)14(2)6-3-4-7-14/h10-11H,3-9H2,1-2H3,(H,16,17). The zero-order chi connectivity index (χ0) is 13.3. The third-order valence-corrected chi connectivity index (χ3v) is 4.73. The lowest BCUT2D eigenvalue weighted by molar-refractivity contribution is -0.151. The normalized spacial score (nSPS) is 31.3. The van der Waals surface area contributed by atoms with Gasteiger partial charge in [0.05, 0.1) is 5.92 Å². The van der Waals surface area contributed by atoms with Crippen molar-refractivity contribution in [1.29, 1.82) is 0 Å². The molecule has 1 heterocycles. The predicted octanol–water partition coefficient (Wildman–Crippen LogP) is 2.14. The first-order chi connectivity index (χ1) is 8.44. The number of amides is 1. The van der Waals surface area contributed by atoms with Gasteiger partial charge in [0, 0.05) is 18.5 Å². The summed E-state index contributed by atoms with van der Waals surface area (Å²) < 4.78 is 0. The fourth-order valence-corrected chi connectivity index (χ4v) is 3.45. The SMILES string of the molecule is CC1CN(C(=O)C2(C)CCCC2)CCC1C(=O)O. The fourth-order valence-electron chi connectivity index (χ4n) is 3.45. The summed E-state index contributed by atoms with van der Waals surface area (Å²) in [5.74, 6) is -0.701. The number of carbonyl (C=O) groups excluding carboxylic acids is 1. The van der Waals surface area contributed by atoms with Crippen LogP contribution in [0, 0.1) is 17.3 Å². The van der Waals surface area contributed by atoms with E-state index in [-0.39, 0.29) is 23.2 Å². The minimum absolute atomic E-state index is 0.0604. The number of rotatable bonds is 2. The Morgan fingerprint density at radius 3 is 2.39 bits per heavy atom. The molecule has 2 atom stereocenters. The van der Waals surface area contributed by atoms with E-state index in [4.69, 9.17) is 5.11 Å². The van der Waals surface area contributed by atoms with E-state index >= 15 is 0 Å². The molecule has 1 aliphatic heterocycles. The largest absolute Gasteiger partial charge is 0.481 e. The van der Waals surface area contributed by atoms with E-state index in [0.717, 1.165) is 25.7 Å². The number of likely N-dealkylation sites (tertiary alicyclic amines) is 1. The second-order valence-electron chi connectivity index (χ2n) is 6.23. The van der Waals surface area contributed by atoms with Crippen molar-refractivity contribution in [3.8, 4) is 0 Å². The Kier molecular flexibility index (Phi) is 3.64. The third-order valence-electron chi connectivity index (χ3n) is 4.73. The van der Waals surface area contributed by atoms with Gasteiger partial charge in [-0.15, -0.1) is 0 Å². The topological polar surface area (TPSA) is 57.6 Å². The Morgan fingerprint density at radius 1 is 1.28 bits per heavy atom. The zero-order valence-electron chi connectivity index (χ0n) is 11.3. The number of piperidine rings is 1. The predicted molar refractivity (Wildman–Crippen MR) is 68.1 cm³/mol. The van der Waals surface area contributed by atoms with Crippen LogP contribution in [0.3, 0.4) is 0 Å². The second-order valence-corrected chi connectivity index (χ2v) is 6.23. The van der Waals surface area contributed by atoms with Crippen molar-refractivity contribution < 1.29 is 14.7 Å². The molecule has 1 saturated carbocycles. The van der Waals surface area contributed by atoms with Crippen molar-refractivity contribution in [2.75, 3.05) is 13.1 Å². The maximum atomic E-state index is 12.5. The van der Waals surface area contributed by atoms with Crippen LogP contribution < -0.4 is 0 Å². The summed E-state index contributed by atoms with van der Waals surface area (Å²) in [6, 6.07) is 0. The van der Waals surface area contributed by atoms with E-state index in [1.54, 1.807) is 0 Å². The first-order valence-electron chi connectivity index (χ1n) is 6.96. The number of carboxylic acid groups (broad SMARTS) is 1. The summed E-state index contributed by atoms with van der Waals surface area (Å²) in [6.07, 6.45) is 4.85. The highest BCUT2D eigenvalue weighted by Gasteiger charge is 2.42. The van der Waals surface area contributed by atoms with Crippen molar-refractivity contribution in [2.45, 2.75) is 46.0 Å². The Bertz CT molecular complexity index is 347.